The molecule has 6 heteroatoms. The molecule has 0 saturated carbocycles. The summed E-state index contributed by atoms with van der Waals surface area (Å²) in [4.78, 5) is 17.8. The molecule has 20 heavy (non-hydrogen) atoms. The molecule has 0 aromatic heterocycles. The predicted octanol–water partition coefficient (Wildman–Crippen LogP) is 2.69. The van der Waals surface area contributed by atoms with Gasteiger partial charge >= 0.3 is 0 Å². The zero-order chi connectivity index (χ0) is 14.7. The monoisotopic (exact) mass is 277 g/mol. The first-order chi connectivity index (χ1) is 9.47. The largest absolute Gasteiger partial charge is 0.357 e. The number of rotatable bonds is 3. The van der Waals surface area contributed by atoms with Crippen LogP contribution in [0.2, 0.25) is 0 Å². The smallest absolute Gasteiger partial charge is 0.269 e. The summed E-state index contributed by atoms with van der Waals surface area (Å²) in [6, 6.07) is 6.40. The first-order valence-corrected chi connectivity index (χ1v) is 6.66. The summed E-state index contributed by atoms with van der Waals surface area (Å²) in [5, 5.41) is 14.8. The van der Waals surface area contributed by atoms with Crippen LogP contribution in [0.4, 0.5) is 5.69 Å². The van der Waals surface area contributed by atoms with Gasteiger partial charge in [0.15, 0.2) is 5.75 Å². The van der Waals surface area contributed by atoms with Crippen molar-refractivity contribution in [3.8, 4) is 5.75 Å². The van der Waals surface area contributed by atoms with Gasteiger partial charge in [0.2, 0.25) is 0 Å². The molecule has 0 amide bonds. The van der Waals surface area contributed by atoms with Crippen molar-refractivity contribution in [1.82, 2.24) is 4.90 Å². The zero-order valence-corrected chi connectivity index (χ0v) is 11.9. The van der Waals surface area contributed by atoms with Crippen LogP contribution in [0.15, 0.2) is 29.4 Å². The normalized spacial score (nSPS) is 25.6. The Labute approximate surface area is 118 Å². The maximum absolute atomic E-state index is 10.6. The highest BCUT2D eigenvalue weighted by Gasteiger charge is 2.25. The van der Waals surface area contributed by atoms with Crippen LogP contribution in [0, 0.1) is 16.0 Å². The first-order valence-electron chi connectivity index (χ1n) is 6.66. The van der Waals surface area contributed by atoms with Crippen LogP contribution in [0.3, 0.4) is 0 Å². The minimum Gasteiger partial charge on any atom is -0.357 e. The van der Waals surface area contributed by atoms with Crippen LogP contribution in [0.25, 0.3) is 0 Å². The lowest BCUT2D eigenvalue weighted by Crippen LogP contribution is -2.43. The zero-order valence-electron chi connectivity index (χ0n) is 11.9. The molecule has 6 nitrogen and oxygen atoms in total. The molecule has 0 N–H and O–H groups in total. The van der Waals surface area contributed by atoms with Crippen molar-refractivity contribution < 1.29 is 9.76 Å². The number of piperidine rings is 1. The lowest BCUT2D eigenvalue weighted by molar-refractivity contribution is -0.384. The van der Waals surface area contributed by atoms with Gasteiger partial charge in [-0.25, -0.2) is 0 Å². The van der Waals surface area contributed by atoms with Gasteiger partial charge in [0.25, 0.3) is 5.69 Å². The van der Waals surface area contributed by atoms with E-state index in [1.807, 2.05) is 0 Å². The summed E-state index contributed by atoms with van der Waals surface area (Å²) >= 11 is 0. The van der Waals surface area contributed by atoms with Gasteiger partial charge in [-0.1, -0.05) is 12.1 Å². The molecule has 2 rings (SSSR count). The number of likely N-dealkylation sites (tertiary alicyclic amines) is 1. The fourth-order valence-corrected chi connectivity index (χ4v) is 2.24. The molecule has 108 valence electrons. The van der Waals surface area contributed by atoms with Crippen LogP contribution >= 0.6 is 0 Å². The summed E-state index contributed by atoms with van der Waals surface area (Å²) in [5.41, 5.74) is 1.08. The van der Waals surface area contributed by atoms with E-state index in [1.165, 1.54) is 12.1 Å². The minimum absolute atomic E-state index is 0.0475. The Morgan fingerprint density at radius 2 is 2.00 bits per heavy atom. The van der Waals surface area contributed by atoms with Crippen LogP contribution in [-0.4, -0.2) is 35.2 Å². The summed E-state index contributed by atoms with van der Waals surface area (Å²) < 4.78 is 0. The molecular weight excluding hydrogens is 258 g/mol. The van der Waals surface area contributed by atoms with Crippen LogP contribution < -0.4 is 4.84 Å². The van der Waals surface area contributed by atoms with Crippen molar-refractivity contribution in [3.05, 3.63) is 34.4 Å². The van der Waals surface area contributed by atoms with Gasteiger partial charge in [-0.05, 0) is 26.1 Å². The molecule has 1 saturated heterocycles. The maximum atomic E-state index is 10.6. The van der Waals surface area contributed by atoms with Crippen molar-refractivity contribution in [2.45, 2.75) is 26.3 Å². The Morgan fingerprint density at radius 3 is 2.60 bits per heavy atom. The Hall–Kier alpha value is -1.95. The van der Waals surface area contributed by atoms with E-state index < -0.39 is 4.92 Å². The van der Waals surface area contributed by atoms with Gasteiger partial charge < -0.3 is 9.74 Å². The van der Waals surface area contributed by atoms with E-state index in [0.29, 0.717) is 17.7 Å². The molecule has 1 aromatic rings. The van der Waals surface area contributed by atoms with Crippen molar-refractivity contribution in [1.29, 1.82) is 0 Å². The maximum Gasteiger partial charge on any atom is 0.269 e. The molecule has 1 aliphatic rings. The molecule has 0 bridgehead atoms. The van der Waals surface area contributed by atoms with Gasteiger partial charge in [-0.2, -0.15) is 0 Å². The third-order valence-corrected chi connectivity index (χ3v) is 3.70. The number of benzene rings is 1. The fourth-order valence-electron chi connectivity index (χ4n) is 2.24. The Bertz CT molecular complexity index is 513. The summed E-state index contributed by atoms with van der Waals surface area (Å²) in [7, 11) is 2.11. The molecule has 1 heterocycles. The first kappa shape index (κ1) is 14.5. The lowest BCUT2D eigenvalue weighted by atomic mass is 9.93. The van der Waals surface area contributed by atoms with Gasteiger partial charge in [0.05, 0.1) is 10.6 Å². The minimum atomic E-state index is -0.434. The molecule has 0 unspecified atom stereocenters. The second kappa shape index (κ2) is 6.00. The van der Waals surface area contributed by atoms with E-state index in [4.69, 9.17) is 4.84 Å². The molecule has 0 radical (unpaired) electrons. The van der Waals surface area contributed by atoms with Gasteiger partial charge in [-0.15, -0.1) is 0 Å². The molecule has 1 fully saturated rings. The summed E-state index contributed by atoms with van der Waals surface area (Å²) in [6.07, 6.45) is 0.880. The number of hydrogen-bond donors (Lipinski definition) is 0. The van der Waals surface area contributed by atoms with Gasteiger partial charge in [0.1, 0.15) is 0 Å². The second-order valence-electron chi connectivity index (χ2n) is 5.32. The number of non-ortho nitro benzene ring substituents is 1. The third kappa shape index (κ3) is 3.33. The highest BCUT2D eigenvalue weighted by atomic mass is 16.6. The van der Waals surface area contributed by atoms with Crippen molar-refractivity contribution in [2.24, 2.45) is 11.1 Å². The van der Waals surface area contributed by atoms with E-state index in [0.717, 1.165) is 18.7 Å². The molecule has 1 aliphatic heterocycles. The lowest BCUT2D eigenvalue weighted by Gasteiger charge is -2.34. The Balaban J connectivity index is 2.03. The average Bonchev–Trinajstić information content (AvgIpc) is 2.42. The molecule has 0 aliphatic carbocycles. The van der Waals surface area contributed by atoms with Crippen molar-refractivity contribution in [2.75, 3.05) is 13.6 Å². The van der Waals surface area contributed by atoms with E-state index in [9.17, 15) is 10.1 Å². The third-order valence-electron chi connectivity index (χ3n) is 3.70. The second-order valence-corrected chi connectivity index (χ2v) is 5.32. The summed E-state index contributed by atoms with van der Waals surface area (Å²) in [5.74, 6) is 0.871. The van der Waals surface area contributed by atoms with Crippen molar-refractivity contribution in [3.63, 3.8) is 0 Å². The van der Waals surface area contributed by atoms with E-state index in [2.05, 4.69) is 31.0 Å². The molecular formula is C14H19N3O3. The standard InChI is InChI=1S/C14H19N3O3/c1-10-9-16(3)11(2)8-14(10)15-20-13-6-4-12(5-7-13)17(18)19/h4-7,10-11H,8-9H2,1-3H3/t10-,11-/m0/s1. The topological polar surface area (TPSA) is 68.0 Å². The number of nitro groups is 1. The predicted molar refractivity (Wildman–Crippen MR) is 77.0 cm³/mol. The highest BCUT2D eigenvalue weighted by Crippen LogP contribution is 2.21. The van der Waals surface area contributed by atoms with E-state index >= 15 is 0 Å². The molecule has 2 atom stereocenters. The number of hydrogen-bond acceptors (Lipinski definition) is 5. The van der Waals surface area contributed by atoms with Crippen LogP contribution in [0.5, 0.6) is 5.75 Å². The number of nitro benzene ring substituents is 1. The van der Waals surface area contributed by atoms with Gasteiger partial charge in [-0.3, -0.25) is 10.1 Å². The van der Waals surface area contributed by atoms with E-state index in [-0.39, 0.29) is 5.69 Å². The van der Waals surface area contributed by atoms with Gasteiger partial charge in [0, 0.05) is 37.1 Å². The SMILES string of the molecule is C[C@H]1CN(C)[C@@H](C)CC1=NOc1ccc([N+](=O)[O-])cc1. The van der Waals surface area contributed by atoms with E-state index in [1.54, 1.807) is 12.1 Å². The summed E-state index contributed by atoms with van der Waals surface area (Å²) in [6.45, 7) is 5.25. The fraction of sp³-hybridized carbons (Fsp3) is 0.500. The van der Waals surface area contributed by atoms with Crippen molar-refractivity contribution >= 4 is 11.4 Å². The quantitative estimate of drug-likeness (QED) is 0.629. The highest BCUT2D eigenvalue weighted by molar-refractivity contribution is 5.87. The van der Waals surface area contributed by atoms with Crippen LogP contribution in [0.1, 0.15) is 20.3 Å². The Kier molecular flexibility index (Phi) is 4.34. The van der Waals surface area contributed by atoms with Crippen LogP contribution in [-0.2, 0) is 0 Å². The number of oxime groups is 1. The molecule has 1 aromatic carbocycles. The Morgan fingerprint density at radius 1 is 1.35 bits per heavy atom. The number of nitrogens with zero attached hydrogens (tertiary/aromatic N) is 3. The molecule has 0 spiro atoms. The average molecular weight is 277 g/mol.